The van der Waals surface area contributed by atoms with Crippen LogP contribution in [0.3, 0.4) is 0 Å². The molecular weight excluding hydrogens is 487 g/mol. The standard InChI is InChI=1S/C19H24F3N3O4S3/c1-14-5-2-3-11-25(14)12-4-10-24-32(28,29)18-9-8-17(30-18)31(26,27)16-7-6-15(13-23-16)19(20,21)22/h6-9,13-14,24H,2-5,10-12H2,1H3/t14-/m0/s1. The van der Waals surface area contributed by atoms with Crippen molar-refractivity contribution < 1.29 is 30.0 Å². The first-order valence-electron chi connectivity index (χ1n) is 10.0. The summed E-state index contributed by atoms with van der Waals surface area (Å²) < 4.78 is 90.3. The fourth-order valence-electron chi connectivity index (χ4n) is 3.45. The normalized spacial score (nSPS) is 18.7. The topological polar surface area (TPSA) is 96.4 Å². The smallest absolute Gasteiger partial charge is 0.301 e. The van der Waals surface area contributed by atoms with Gasteiger partial charge in [-0.1, -0.05) is 6.42 Å². The number of hydrogen-bond donors (Lipinski definition) is 1. The second-order valence-electron chi connectivity index (χ2n) is 7.59. The van der Waals surface area contributed by atoms with Crippen molar-refractivity contribution in [1.82, 2.24) is 14.6 Å². The Kier molecular flexibility index (Phi) is 7.65. The summed E-state index contributed by atoms with van der Waals surface area (Å²) in [6, 6.07) is 4.13. The molecule has 0 saturated carbocycles. The van der Waals surface area contributed by atoms with Crippen LogP contribution in [0.1, 0.15) is 38.2 Å². The summed E-state index contributed by atoms with van der Waals surface area (Å²) in [4.78, 5) is 5.73. The highest BCUT2D eigenvalue weighted by Gasteiger charge is 2.32. The maximum atomic E-state index is 12.7. The molecule has 0 bridgehead atoms. The monoisotopic (exact) mass is 511 g/mol. The first-order chi connectivity index (χ1) is 14.9. The zero-order valence-corrected chi connectivity index (χ0v) is 19.7. The molecule has 0 radical (unpaired) electrons. The van der Waals surface area contributed by atoms with E-state index >= 15 is 0 Å². The lowest BCUT2D eigenvalue weighted by Crippen LogP contribution is -2.39. The number of nitrogens with one attached hydrogen (secondary N) is 1. The first-order valence-corrected chi connectivity index (χ1v) is 13.8. The fourth-order valence-corrected chi connectivity index (χ4v) is 7.62. The average molecular weight is 512 g/mol. The van der Waals surface area contributed by atoms with E-state index in [2.05, 4.69) is 21.5 Å². The predicted molar refractivity (Wildman–Crippen MR) is 114 cm³/mol. The zero-order chi connectivity index (χ0) is 23.6. The summed E-state index contributed by atoms with van der Waals surface area (Å²) in [5.74, 6) is 0. The lowest BCUT2D eigenvalue weighted by molar-refractivity contribution is -0.137. The third-order valence-electron chi connectivity index (χ3n) is 5.28. The molecule has 1 aliphatic heterocycles. The molecule has 178 valence electrons. The summed E-state index contributed by atoms with van der Waals surface area (Å²) in [6.45, 7) is 4.14. The third kappa shape index (κ3) is 5.87. The molecule has 2 aromatic rings. The Morgan fingerprint density at radius 1 is 1.12 bits per heavy atom. The number of halogens is 3. The predicted octanol–water partition coefficient (Wildman–Crippen LogP) is 3.54. The van der Waals surface area contributed by atoms with Crippen molar-refractivity contribution in [3.8, 4) is 0 Å². The molecule has 3 rings (SSSR count). The van der Waals surface area contributed by atoms with Gasteiger partial charge in [0.15, 0.2) is 5.03 Å². The van der Waals surface area contributed by atoms with E-state index in [0.717, 1.165) is 44.1 Å². The molecule has 0 spiro atoms. The van der Waals surface area contributed by atoms with E-state index in [0.29, 0.717) is 36.1 Å². The molecule has 0 unspecified atom stereocenters. The van der Waals surface area contributed by atoms with Gasteiger partial charge in [-0.25, -0.2) is 26.5 Å². The largest absolute Gasteiger partial charge is 0.417 e. The zero-order valence-electron chi connectivity index (χ0n) is 17.3. The molecule has 32 heavy (non-hydrogen) atoms. The van der Waals surface area contributed by atoms with Gasteiger partial charge < -0.3 is 4.90 Å². The Bertz CT molecular complexity index is 1130. The molecule has 1 N–H and O–H groups in total. The van der Waals surface area contributed by atoms with Crippen LogP contribution in [0, 0.1) is 0 Å². The van der Waals surface area contributed by atoms with Gasteiger partial charge in [-0.05, 0) is 63.5 Å². The Balaban J connectivity index is 1.64. The highest BCUT2D eigenvalue weighted by molar-refractivity contribution is 7.95. The van der Waals surface area contributed by atoms with Crippen molar-refractivity contribution in [2.24, 2.45) is 0 Å². The number of thiophene rings is 1. The molecule has 1 aliphatic rings. The van der Waals surface area contributed by atoms with Crippen molar-refractivity contribution >= 4 is 31.2 Å². The Morgan fingerprint density at radius 2 is 1.84 bits per heavy atom. The van der Waals surface area contributed by atoms with Gasteiger partial charge in [0.05, 0.1) is 5.56 Å². The number of aromatic nitrogens is 1. The molecule has 1 fully saturated rings. The molecule has 3 heterocycles. The van der Waals surface area contributed by atoms with Crippen LogP contribution < -0.4 is 4.72 Å². The van der Waals surface area contributed by atoms with Gasteiger partial charge in [0.2, 0.25) is 19.9 Å². The van der Waals surface area contributed by atoms with Gasteiger partial charge in [0, 0.05) is 18.8 Å². The molecule has 0 aromatic carbocycles. The minimum Gasteiger partial charge on any atom is -0.301 e. The van der Waals surface area contributed by atoms with Gasteiger partial charge >= 0.3 is 6.18 Å². The Morgan fingerprint density at radius 3 is 2.47 bits per heavy atom. The van der Waals surface area contributed by atoms with Gasteiger partial charge in [-0.3, -0.25) is 0 Å². The number of sulfone groups is 1. The second kappa shape index (κ2) is 9.75. The second-order valence-corrected chi connectivity index (χ2v) is 12.8. The Hall–Kier alpha value is -1.54. The summed E-state index contributed by atoms with van der Waals surface area (Å²) >= 11 is 0.527. The number of likely N-dealkylation sites (tertiary alicyclic amines) is 1. The van der Waals surface area contributed by atoms with E-state index < -0.39 is 36.6 Å². The SMILES string of the molecule is C[C@H]1CCCCN1CCCNS(=O)(=O)c1ccc(S(=O)(=O)c2ccc(C(F)(F)F)cn2)s1. The van der Waals surface area contributed by atoms with Crippen LogP contribution >= 0.6 is 11.3 Å². The number of alkyl halides is 3. The van der Waals surface area contributed by atoms with E-state index in [4.69, 9.17) is 0 Å². The van der Waals surface area contributed by atoms with Crippen molar-refractivity contribution in [2.75, 3.05) is 19.6 Å². The Labute approximate surface area is 189 Å². The number of rotatable bonds is 8. The van der Waals surface area contributed by atoms with E-state index in [1.165, 1.54) is 6.42 Å². The highest BCUT2D eigenvalue weighted by Crippen LogP contribution is 2.32. The molecule has 1 atom stereocenters. The summed E-state index contributed by atoms with van der Waals surface area (Å²) in [5.41, 5.74) is -1.07. The molecule has 0 amide bonds. The van der Waals surface area contributed by atoms with E-state index in [1.54, 1.807) is 0 Å². The first kappa shape index (κ1) is 25.1. The van der Waals surface area contributed by atoms with Crippen LogP contribution in [0.25, 0.3) is 0 Å². The number of hydrogen-bond acceptors (Lipinski definition) is 7. The maximum Gasteiger partial charge on any atom is 0.417 e. The van der Waals surface area contributed by atoms with Gasteiger partial charge in [-0.2, -0.15) is 13.2 Å². The van der Waals surface area contributed by atoms with E-state index in [-0.39, 0.29) is 15.0 Å². The van der Waals surface area contributed by atoms with Gasteiger partial charge in [0.25, 0.3) is 0 Å². The van der Waals surface area contributed by atoms with Gasteiger partial charge in [0.1, 0.15) is 8.42 Å². The summed E-state index contributed by atoms with van der Waals surface area (Å²) in [5, 5.41) is -0.583. The van der Waals surface area contributed by atoms with Crippen LogP contribution in [0.5, 0.6) is 0 Å². The van der Waals surface area contributed by atoms with E-state index in [1.807, 2.05) is 0 Å². The van der Waals surface area contributed by atoms with Crippen LogP contribution in [-0.4, -0.2) is 52.4 Å². The average Bonchev–Trinajstić information content (AvgIpc) is 3.24. The van der Waals surface area contributed by atoms with Crippen molar-refractivity contribution in [3.05, 3.63) is 36.0 Å². The van der Waals surface area contributed by atoms with Crippen molar-refractivity contribution in [3.63, 3.8) is 0 Å². The lowest BCUT2D eigenvalue weighted by Gasteiger charge is -2.33. The molecule has 0 aliphatic carbocycles. The highest BCUT2D eigenvalue weighted by atomic mass is 32.3. The van der Waals surface area contributed by atoms with Crippen LogP contribution in [0.15, 0.2) is 43.9 Å². The molecule has 1 saturated heterocycles. The van der Waals surface area contributed by atoms with Crippen LogP contribution in [-0.2, 0) is 26.0 Å². The van der Waals surface area contributed by atoms with Crippen LogP contribution in [0.4, 0.5) is 13.2 Å². The molecular formula is C19H24F3N3O4S3. The lowest BCUT2D eigenvalue weighted by atomic mass is 10.0. The number of pyridine rings is 1. The molecule has 13 heteroatoms. The third-order valence-corrected chi connectivity index (χ3v) is 10.5. The molecule has 7 nitrogen and oxygen atoms in total. The minimum absolute atomic E-state index is 0.186. The summed E-state index contributed by atoms with van der Waals surface area (Å²) in [7, 11) is -8.15. The quantitative estimate of drug-likeness (QED) is 0.545. The van der Waals surface area contributed by atoms with Crippen molar-refractivity contribution in [2.45, 2.75) is 58.3 Å². The number of sulfonamides is 1. The number of piperidine rings is 1. The maximum absolute atomic E-state index is 12.7. The van der Waals surface area contributed by atoms with Gasteiger partial charge in [-0.15, -0.1) is 11.3 Å². The fraction of sp³-hybridized carbons (Fsp3) is 0.526. The summed E-state index contributed by atoms with van der Waals surface area (Å²) in [6.07, 6.45) is -0.117. The number of nitrogens with zero attached hydrogens (tertiary/aromatic N) is 2. The minimum atomic E-state index is -4.64. The molecule has 2 aromatic heterocycles. The van der Waals surface area contributed by atoms with Crippen LogP contribution in [0.2, 0.25) is 0 Å². The van der Waals surface area contributed by atoms with Crippen molar-refractivity contribution in [1.29, 1.82) is 0 Å². The van der Waals surface area contributed by atoms with E-state index in [9.17, 15) is 30.0 Å².